The fourth-order valence-corrected chi connectivity index (χ4v) is 2.02. The van der Waals surface area contributed by atoms with Gasteiger partial charge < -0.3 is 5.11 Å². The Morgan fingerprint density at radius 3 is 2.25 bits per heavy atom. The Morgan fingerprint density at radius 2 is 1.55 bits per heavy atom. The molecule has 1 heterocycles. The predicted molar refractivity (Wildman–Crippen MR) is 70.0 cm³/mol. The Morgan fingerprint density at radius 1 is 0.900 bits per heavy atom. The maximum Gasteiger partial charge on any atom is 0.132 e. The first-order valence-corrected chi connectivity index (χ1v) is 6.00. The van der Waals surface area contributed by atoms with Crippen LogP contribution in [0.4, 0.5) is 8.78 Å². The Balaban J connectivity index is 2.10. The molecule has 0 fully saturated rings. The monoisotopic (exact) mass is 272 g/mol. The smallest absolute Gasteiger partial charge is 0.132 e. The van der Waals surface area contributed by atoms with Gasteiger partial charge in [-0.25, -0.2) is 13.8 Å². The molecule has 100 valence electrons. The zero-order chi connectivity index (χ0) is 14.1. The third kappa shape index (κ3) is 2.12. The lowest BCUT2D eigenvalue weighted by Gasteiger charge is -2.12. The standard InChI is InChI=1S/C15H10F2N2O/c16-9-4-3-5-10(17)14(9)15(20)13-8-18-11-6-1-2-7-12(11)19-13/h1-8,15,20H. The Bertz CT molecular complexity index is 756. The molecule has 0 saturated carbocycles. The van der Waals surface area contributed by atoms with Crippen LogP contribution in [-0.2, 0) is 0 Å². The van der Waals surface area contributed by atoms with Crippen LogP contribution in [0.2, 0.25) is 0 Å². The van der Waals surface area contributed by atoms with Gasteiger partial charge in [-0.2, -0.15) is 0 Å². The molecule has 3 aromatic rings. The van der Waals surface area contributed by atoms with Crippen LogP contribution in [0.15, 0.2) is 48.7 Å². The molecule has 1 aromatic heterocycles. The molecule has 20 heavy (non-hydrogen) atoms. The van der Waals surface area contributed by atoms with Crippen molar-refractivity contribution in [3.05, 3.63) is 71.6 Å². The minimum absolute atomic E-state index is 0.104. The summed E-state index contributed by atoms with van der Waals surface area (Å²) in [5.41, 5.74) is 0.892. The zero-order valence-electron chi connectivity index (χ0n) is 10.3. The molecule has 1 N–H and O–H groups in total. The number of aliphatic hydroxyl groups excluding tert-OH is 1. The van der Waals surface area contributed by atoms with Crippen molar-refractivity contribution in [1.82, 2.24) is 9.97 Å². The number of nitrogens with zero attached hydrogens (tertiary/aromatic N) is 2. The number of fused-ring (bicyclic) bond motifs is 1. The van der Waals surface area contributed by atoms with E-state index in [1.54, 1.807) is 18.2 Å². The van der Waals surface area contributed by atoms with Gasteiger partial charge in [0.2, 0.25) is 0 Å². The van der Waals surface area contributed by atoms with Gasteiger partial charge in [-0.1, -0.05) is 18.2 Å². The van der Waals surface area contributed by atoms with Crippen molar-refractivity contribution >= 4 is 11.0 Å². The van der Waals surface area contributed by atoms with Crippen LogP contribution in [-0.4, -0.2) is 15.1 Å². The average Bonchev–Trinajstić information content (AvgIpc) is 2.46. The van der Waals surface area contributed by atoms with Gasteiger partial charge in [0, 0.05) is 0 Å². The lowest BCUT2D eigenvalue weighted by atomic mass is 10.1. The fourth-order valence-electron chi connectivity index (χ4n) is 2.02. The lowest BCUT2D eigenvalue weighted by molar-refractivity contribution is 0.204. The molecule has 1 unspecified atom stereocenters. The van der Waals surface area contributed by atoms with Gasteiger partial charge >= 0.3 is 0 Å². The maximum atomic E-state index is 13.7. The number of hydrogen-bond donors (Lipinski definition) is 1. The molecule has 5 heteroatoms. The van der Waals surface area contributed by atoms with Gasteiger partial charge in [0.25, 0.3) is 0 Å². The van der Waals surface area contributed by atoms with Gasteiger partial charge in [-0.05, 0) is 24.3 Å². The van der Waals surface area contributed by atoms with Crippen LogP contribution in [0.25, 0.3) is 11.0 Å². The third-order valence-corrected chi connectivity index (χ3v) is 3.02. The highest BCUT2D eigenvalue weighted by molar-refractivity contribution is 5.73. The summed E-state index contributed by atoms with van der Waals surface area (Å²) in [7, 11) is 0. The van der Waals surface area contributed by atoms with E-state index in [4.69, 9.17) is 0 Å². The molecule has 1 atom stereocenters. The van der Waals surface area contributed by atoms with E-state index in [-0.39, 0.29) is 5.69 Å². The molecule has 0 aliphatic rings. The second kappa shape index (κ2) is 4.94. The summed E-state index contributed by atoms with van der Waals surface area (Å²) in [6.45, 7) is 0. The summed E-state index contributed by atoms with van der Waals surface area (Å²) in [4.78, 5) is 8.31. The third-order valence-electron chi connectivity index (χ3n) is 3.02. The topological polar surface area (TPSA) is 46.0 Å². The van der Waals surface area contributed by atoms with Crippen molar-refractivity contribution in [3.8, 4) is 0 Å². The maximum absolute atomic E-state index is 13.7. The molecular formula is C15H10F2N2O. The molecular weight excluding hydrogens is 262 g/mol. The Labute approximate surface area is 113 Å². The second-order valence-corrected chi connectivity index (χ2v) is 4.32. The van der Waals surface area contributed by atoms with Crippen LogP contribution in [0, 0.1) is 11.6 Å². The largest absolute Gasteiger partial charge is 0.382 e. The van der Waals surface area contributed by atoms with Gasteiger partial charge in [0.05, 0.1) is 28.5 Å². The molecule has 0 aliphatic heterocycles. The van der Waals surface area contributed by atoms with Crippen molar-refractivity contribution < 1.29 is 13.9 Å². The number of rotatable bonds is 2. The van der Waals surface area contributed by atoms with E-state index in [1.807, 2.05) is 6.07 Å². The van der Waals surface area contributed by atoms with Crippen LogP contribution in [0.1, 0.15) is 17.4 Å². The number of aliphatic hydroxyl groups is 1. The summed E-state index contributed by atoms with van der Waals surface area (Å²) >= 11 is 0. The van der Waals surface area contributed by atoms with Crippen molar-refractivity contribution in [2.75, 3.05) is 0 Å². The molecule has 0 saturated heterocycles. The van der Waals surface area contributed by atoms with Crippen LogP contribution in [0.5, 0.6) is 0 Å². The first-order valence-electron chi connectivity index (χ1n) is 6.00. The number of hydrogen-bond acceptors (Lipinski definition) is 3. The predicted octanol–water partition coefficient (Wildman–Crippen LogP) is 2.99. The summed E-state index contributed by atoms with van der Waals surface area (Å²) in [6.07, 6.45) is -0.174. The van der Waals surface area contributed by atoms with Gasteiger partial charge in [0.15, 0.2) is 0 Å². The van der Waals surface area contributed by atoms with E-state index in [0.717, 1.165) is 12.1 Å². The second-order valence-electron chi connectivity index (χ2n) is 4.32. The van der Waals surface area contributed by atoms with Gasteiger partial charge in [-0.3, -0.25) is 4.98 Å². The van der Waals surface area contributed by atoms with Crippen LogP contribution < -0.4 is 0 Å². The van der Waals surface area contributed by atoms with E-state index in [1.165, 1.54) is 12.3 Å². The summed E-state index contributed by atoms with van der Waals surface area (Å²) in [5.74, 6) is -1.63. The van der Waals surface area contributed by atoms with E-state index < -0.39 is 23.3 Å². The SMILES string of the molecule is OC(c1cnc2ccccc2n1)c1c(F)cccc1F. The van der Waals surface area contributed by atoms with Crippen LogP contribution >= 0.6 is 0 Å². The molecule has 0 amide bonds. The van der Waals surface area contributed by atoms with Crippen molar-refractivity contribution in [2.24, 2.45) is 0 Å². The highest BCUT2D eigenvalue weighted by atomic mass is 19.1. The normalized spacial score (nSPS) is 12.6. The quantitative estimate of drug-likeness (QED) is 0.780. The summed E-state index contributed by atoms with van der Waals surface area (Å²) in [6, 6.07) is 10.5. The van der Waals surface area contributed by atoms with Gasteiger partial charge in [-0.15, -0.1) is 0 Å². The average molecular weight is 272 g/mol. The highest BCUT2D eigenvalue weighted by Crippen LogP contribution is 2.26. The number of aromatic nitrogens is 2. The zero-order valence-corrected chi connectivity index (χ0v) is 10.3. The van der Waals surface area contributed by atoms with E-state index in [0.29, 0.717) is 11.0 Å². The highest BCUT2D eigenvalue weighted by Gasteiger charge is 2.21. The molecule has 2 aromatic carbocycles. The Kier molecular flexibility index (Phi) is 3.12. The van der Waals surface area contributed by atoms with E-state index in [2.05, 4.69) is 9.97 Å². The summed E-state index contributed by atoms with van der Waals surface area (Å²) in [5, 5.41) is 10.1. The summed E-state index contributed by atoms with van der Waals surface area (Å²) < 4.78 is 27.3. The minimum Gasteiger partial charge on any atom is -0.382 e. The fraction of sp³-hybridized carbons (Fsp3) is 0.0667. The van der Waals surface area contributed by atoms with Gasteiger partial charge in [0.1, 0.15) is 17.7 Å². The molecule has 3 rings (SSSR count). The minimum atomic E-state index is -1.49. The van der Waals surface area contributed by atoms with Crippen molar-refractivity contribution in [3.63, 3.8) is 0 Å². The van der Waals surface area contributed by atoms with Crippen molar-refractivity contribution in [1.29, 1.82) is 0 Å². The first kappa shape index (κ1) is 12.6. The van der Waals surface area contributed by atoms with E-state index in [9.17, 15) is 13.9 Å². The molecule has 0 bridgehead atoms. The molecule has 0 radical (unpaired) electrons. The molecule has 3 nitrogen and oxygen atoms in total. The van der Waals surface area contributed by atoms with Crippen LogP contribution in [0.3, 0.4) is 0 Å². The molecule has 0 spiro atoms. The lowest BCUT2D eigenvalue weighted by Crippen LogP contribution is -2.08. The number of halogens is 2. The molecule has 0 aliphatic carbocycles. The van der Waals surface area contributed by atoms with Crippen molar-refractivity contribution in [2.45, 2.75) is 6.10 Å². The number of para-hydroxylation sites is 2. The first-order chi connectivity index (χ1) is 9.66. The number of benzene rings is 2. The Hall–Kier alpha value is -2.40. The van der Waals surface area contributed by atoms with E-state index >= 15 is 0 Å².